The monoisotopic (exact) mass is 1950 g/mol. The van der Waals surface area contributed by atoms with Gasteiger partial charge in [-0.15, -0.1) is 0 Å². The Kier molecular flexibility index (Phi) is 28.2. The topological polar surface area (TPSA) is 323 Å². The van der Waals surface area contributed by atoms with Gasteiger partial charge in [0.2, 0.25) is 26.0 Å². The molecule has 12 aromatic heterocycles. The van der Waals surface area contributed by atoms with E-state index in [4.69, 9.17) is 42.8 Å². The molecular weight excluding hydrogens is 1840 g/mol. The number of methoxy groups -OCH3 is 1. The van der Waals surface area contributed by atoms with Gasteiger partial charge in [-0.25, -0.2) is 39.1 Å². The molecule has 16 aromatic rings. The van der Waals surface area contributed by atoms with E-state index >= 15 is 17.6 Å². The summed E-state index contributed by atoms with van der Waals surface area (Å²) in [5, 5.41) is 19.1. The minimum Gasteiger partial charge on any atom is -0.377 e. The average Bonchev–Trinajstić information content (AvgIpc) is 1.62. The van der Waals surface area contributed by atoms with Crippen molar-refractivity contribution in [3.63, 3.8) is 0 Å². The van der Waals surface area contributed by atoms with Gasteiger partial charge in [-0.1, -0.05) is 158 Å². The lowest BCUT2D eigenvalue weighted by Gasteiger charge is -2.30. The van der Waals surface area contributed by atoms with Crippen LogP contribution < -0.4 is 14.8 Å². The van der Waals surface area contributed by atoms with Crippen LogP contribution in [0.2, 0.25) is 0 Å². The number of nitrogens with zero attached hydrogens (tertiary/aromatic N) is 12. The molecule has 26 nitrogen and oxygen atoms in total. The fourth-order valence-electron chi connectivity index (χ4n) is 21.0. The summed E-state index contributed by atoms with van der Waals surface area (Å²) in [5.74, 6) is 2.71. The summed E-state index contributed by atoms with van der Waals surface area (Å²) in [6.45, 7) is 17.8. The van der Waals surface area contributed by atoms with Gasteiger partial charge in [-0.3, -0.25) is 34.2 Å². The number of carbonyl (C=O) groups excluding carboxylic acids is 2. The zero-order chi connectivity index (χ0) is 99.0. The first-order chi connectivity index (χ1) is 67.5. The average molecular weight is 1960 g/mol. The normalized spacial score (nSPS) is 16.3. The van der Waals surface area contributed by atoms with Crippen LogP contribution in [0.3, 0.4) is 0 Å². The summed E-state index contributed by atoms with van der Waals surface area (Å²) in [4.78, 5) is 43.0. The van der Waals surface area contributed by atoms with Gasteiger partial charge in [-0.05, 0) is 203 Å². The first kappa shape index (κ1) is 98.2. The lowest BCUT2D eigenvalue weighted by Crippen LogP contribution is -2.31. The number of nitrogens with one attached hydrogen (secondary N) is 3. The number of amides is 1. The van der Waals surface area contributed by atoms with E-state index < -0.39 is 42.7 Å². The first-order valence-corrected chi connectivity index (χ1v) is 52.1. The number of aryl methyl sites for hydroxylation is 8. The van der Waals surface area contributed by atoms with E-state index in [1.165, 1.54) is 14.0 Å². The van der Waals surface area contributed by atoms with Crippen molar-refractivity contribution in [2.45, 2.75) is 263 Å². The van der Waals surface area contributed by atoms with Gasteiger partial charge in [0.1, 0.15) is 52.3 Å². The number of fused-ring (bicyclic) bond motifs is 4. The lowest BCUT2D eigenvalue weighted by atomic mass is 9.86. The van der Waals surface area contributed by atoms with Crippen molar-refractivity contribution in [2.75, 3.05) is 30.0 Å². The minimum atomic E-state index is -3.53. The largest absolute Gasteiger partial charge is 0.377 e. The van der Waals surface area contributed by atoms with Crippen LogP contribution in [0.1, 0.15) is 204 Å². The molecule has 0 unspecified atom stereocenters. The number of pyridine rings is 4. The maximum Gasteiger partial charge on any atom is 0.240 e. The van der Waals surface area contributed by atoms with Crippen molar-refractivity contribution in [1.82, 2.24) is 63.6 Å². The maximum absolute atomic E-state index is 15.9. The third-order valence-corrected chi connectivity index (χ3v) is 30.3. The van der Waals surface area contributed by atoms with E-state index in [2.05, 4.69) is 47.5 Å². The number of alkyl halides is 4. The number of hydrogen-bond acceptors (Lipinski definition) is 19. The van der Waals surface area contributed by atoms with Crippen molar-refractivity contribution in [1.29, 1.82) is 0 Å². The molecule has 0 atom stereocenters. The molecule has 141 heavy (non-hydrogen) atoms. The van der Waals surface area contributed by atoms with Gasteiger partial charge < -0.3 is 46.4 Å². The second kappa shape index (κ2) is 40.5. The van der Waals surface area contributed by atoms with E-state index in [1.807, 2.05) is 172 Å². The summed E-state index contributed by atoms with van der Waals surface area (Å²) in [6, 6.07) is 37.3. The van der Waals surface area contributed by atoms with Gasteiger partial charge in [0, 0.05) is 153 Å². The number of anilines is 2. The Morgan fingerprint density at radius 1 is 0.397 bits per heavy atom. The van der Waals surface area contributed by atoms with Crippen LogP contribution in [0.15, 0.2) is 194 Å². The molecule has 3 N–H and O–H groups in total. The summed E-state index contributed by atoms with van der Waals surface area (Å²) < 4.78 is 151. The Hall–Kier alpha value is -13.0. The second-order valence-electron chi connectivity index (χ2n) is 39.3. The number of aromatic nitrogens is 12. The third kappa shape index (κ3) is 21.9. The molecule has 0 bridgehead atoms. The van der Waals surface area contributed by atoms with Crippen molar-refractivity contribution < 1.29 is 66.8 Å². The van der Waals surface area contributed by atoms with Crippen molar-refractivity contribution >= 4 is 87.2 Å². The summed E-state index contributed by atoms with van der Waals surface area (Å²) in [7, 11) is -5.39. The molecule has 0 spiro atoms. The minimum absolute atomic E-state index is 0.0449. The zero-order valence-corrected chi connectivity index (χ0v) is 83.2. The zero-order valence-electron chi connectivity index (χ0n) is 81.5. The Labute approximate surface area is 817 Å². The van der Waals surface area contributed by atoms with E-state index in [-0.39, 0.29) is 42.3 Å². The van der Waals surface area contributed by atoms with Gasteiger partial charge in [0.05, 0.1) is 104 Å². The van der Waals surface area contributed by atoms with Gasteiger partial charge in [0.25, 0.3) is 0 Å². The van der Waals surface area contributed by atoms with Gasteiger partial charge >= 0.3 is 0 Å². The fourth-order valence-corrected chi connectivity index (χ4v) is 22.8. The van der Waals surface area contributed by atoms with Crippen LogP contribution in [0.4, 0.5) is 28.9 Å². The third-order valence-electron chi connectivity index (χ3n) is 28.2. The number of rotatable bonds is 25. The highest BCUT2D eigenvalue weighted by atomic mass is 32.2. The second-order valence-corrected chi connectivity index (χ2v) is 42.7. The van der Waals surface area contributed by atoms with Crippen LogP contribution in [-0.2, 0) is 55.8 Å². The summed E-state index contributed by atoms with van der Waals surface area (Å²) >= 11 is 0. The first-order valence-electron chi connectivity index (χ1n) is 48.7. The molecule has 0 aliphatic heterocycles. The van der Waals surface area contributed by atoms with Crippen molar-refractivity contribution in [3.8, 4) is 89.0 Å². The number of ketones is 1. The smallest absolute Gasteiger partial charge is 0.240 e. The van der Waals surface area contributed by atoms with Crippen LogP contribution in [0.25, 0.3) is 133 Å². The highest BCUT2D eigenvalue weighted by Gasteiger charge is 2.39. The lowest BCUT2D eigenvalue weighted by molar-refractivity contribution is -0.114. The standard InChI is InChI=1S/C28H31FN4O3S.C28H30FN3O3.C27H29FN4O2.C26H29FN4O3S/c1-18-26(19(2)36-31-18)21-14-25-27(30-15-21)24(16-33(25)17-28(29)12-4-3-5-13-28)20-6-10-23(11-7-20)37(34,35)32-22-8-9-22;1-18-26(19(2)35-31-18)22-13-24-27(30-14-22)23(15-32(24)17-28(29)11-5-4-6-12-28)20-7-9-21(10-8-20)25(33)16-34-3;1-17-25(18(2)34-31-17)21-13-24-26(29-14-21)23(20-7-9-22(10-8-20)30-19(3)33)15-32(24)16-27(28)11-5-4-6-12-27;1-17-24(18(2)34-29-17)20-13-23-25(28-14-20)22(15-31(23)16-26(27)11-5-4-6-12-26)19-7-9-21(10-8-19)30-35(3,32)33/h6-7,10-11,14-16,22,32H,3-5,8-9,12-13,17H2,1-2H3;7-10,13-15H,4-6,11-12,16-17H2,1-3H3;7-10,13-15H,4-6,11-12,16H2,1-3H3,(H,30,33);7-10,13-15,30H,4-6,11-12,16H2,1-3H3. The SMILES string of the molecule is CC(=O)Nc1ccc(-c2cn(CC3(F)CCCCC3)c3cc(-c4c(C)noc4C)cnc23)cc1.COCC(=O)c1ccc(-c2cn(CC3(F)CCCCC3)c3cc(-c4c(C)noc4C)cnc23)cc1.Cc1noc(C)c1-c1cnc2c(-c3ccc(NS(C)(=O)=O)cc3)cn(CC3(F)CCCCC3)c2c1.Cc1noc(C)c1-c1cnc2c(-c3ccc(S(=O)(=O)NC4CC4)cc3)cn(CC3(F)CCCCC3)c2c1. The van der Waals surface area contributed by atoms with Crippen molar-refractivity contribution in [3.05, 3.63) is 222 Å². The molecule has 4 aromatic carbocycles. The van der Waals surface area contributed by atoms with Crippen LogP contribution >= 0.6 is 0 Å². The summed E-state index contributed by atoms with van der Waals surface area (Å²) in [6.07, 6.45) is 34.3. The number of halogens is 4. The predicted molar refractivity (Wildman–Crippen MR) is 541 cm³/mol. The predicted octanol–water partition coefficient (Wildman–Crippen LogP) is 25.2. The molecule has 5 saturated carbocycles. The highest BCUT2D eigenvalue weighted by molar-refractivity contribution is 7.92. The van der Waals surface area contributed by atoms with E-state index in [1.54, 1.807) is 60.9 Å². The molecule has 0 saturated heterocycles. The number of hydrogen-bond donors (Lipinski definition) is 3. The number of benzene rings is 4. The van der Waals surface area contributed by atoms with E-state index in [9.17, 15) is 26.4 Å². The molecule has 736 valence electrons. The van der Waals surface area contributed by atoms with Gasteiger partial charge in [0.15, 0.2) is 5.78 Å². The molecule has 0 radical (unpaired) electrons. The quantitative estimate of drug-likeness (QED) is 0.0353. The molecule has 21 rings (SSSR count). The highest BCUT2D eigenvalue weighted by Crippen LogP contribution is 2.46. The summed E-state index contributed by atoms with van der Waals surface area (Å²) in [5.41, 5.74) is 21.0. The maximum atomic E-state index is 15.9. The Morgan fingerprint density at radius 2 is 0.674 bits per heavy atom. The molecular formula is C109H119F4N15O11S2. The number of sulfonamides is 2. The van der Waals surface area contributed by atoms with E-state index in [0.29, 0.717) is 87.2 Å². The van der Waals surface area contributed by atoms with Crippen LogP contribution in [0.5, 0.6) is 0 Å². The van der Waals surface area contributed by atoms with Gasteiger partial charge in [-0.2, -0.15) is 0 Å². The molecule has 5 aliphatic carbocycles. The fraction of sp³-hybridized carbons (Fsp3) is 0.394. The Balaban J connectivity index is 0.000000124. The molecule has 1 amide bonds. The van der Waals surface area contributed by atoms with Crippen LogP contribution in [-0.4, -0.2) is 136 Å². The number of ether oxygens (including phenoxy) is 1. The Morgan fingerprint density at radius 3 is 0.929 bits per heavy atom. The molecule has 32 heteroatoms. The van der Waals surface area contributed by atoms with E-state index in [0.717, 1.165) is 269 Å². The number of carbonyl (C=O) groups is 2. The molecule has 12 heterocycles. The molecule has 5 fully saturated rings. The molecule has 5 aliphatic rings. The Bertz CT molecular complexity index is 7450. The van der Waals surface area contributed by atoms with Crippen molar-refractivity contribution in [2.24, 2.45) is 0 Å². The van der Waals surface area contributed by atoms with Crippen LogP contribution in [0, 0.1) is 55.4 Å². The number of Topliss-reactive ketones (excluding diaryl/α,β-unsaturated/α-hetero) is 1.